The predicted octanol–water partition coefficient (Wildman–Crippen LogP) is 4.25. The Balaban J connectivity index is 1.86. The predicted molar refractivity (Wildman–Crippen MR) is 94.2 cm³/mol. The van der Waals surface area contributed by atoms with Crippen molar-refractivity contribution >= 4 is 28.4 Å². The fourth-order valence-corrected chi connectivity index (χ4v) is 3.43. The van der Waals surface area contributed by atoms with E-state index in [0.29, 0.717) is 5.16 Å². The molecule has 1 N–H and O–H groups in total. The quantitative estimate of drug-likeness (QED) is 0.443. The number of carbonyl (C=O) groups excluding carboxylic acids is 1. The van der Waals surface area contributed by atoms with Crippen LogP contribution in [0.1, 0.15) is 34.2 Å². The highest BCUT2D eigenvalue weighted by atomic mass is 32.2. The molecule has 5 heteroatoms. The van der Waals surface area contributed by atoms with Gasteiger partial charge in [-0.15, -0.1) is 0 Å². The number of aryl methyl sites for hydroxylation is 2. The van der Waals surface area contributed by atoms with Crippen LogP contribution < -0.4 is 0 Å². The summed E-state index contributed by atoms with van der Waals surface area (Å²) in [5.41, 5.74) is 4.73. The van der Waals surface area contributed by atoms with Gasteiger partial charge in [-0.25, -0.2) is 9.97 Å². The largest absolute Gasteiger partial charge is 0.360 e. The van der Waals surface area contributed by atoms with E-state index in [1.165, 1.54) is 11.8 Å². The highest BCUT2D eigenvalue weighted by molar-refractivity contribution is 8.00. The van der Waals surface area contributed by atoms with Crippen LogP contribution in [0.2, 0.25) is 0 Å². The van der Waals surface area contributed by atoms with Crippen LogP contribution in [0.4, 0.5) is 0 Å². The zero-order chi connectivity index (χ0) is 16.6. The topological polar surface area (TPSA) is 58.6 Å². The van der Waals surface area contributed by atoms with Crippen molar-refractivity contribution in [3.05, 3.63) is 53.0 Å². The number of thioether (sulfide) groups is 1. The van der Waals surface area contributed by atoms with Gasteiger partial charge in [0.25, 0.3) is 0 Å². The molecular formula is C18H19N3OS. The minimum absolute atomic E-state index is 0.0898. The smallest absolute Gasteiger partial charge is 0.188 e. The van der Waals surface area contributed by atoms with Crippen LogP contribution in [-0.4, -0.2) is 26.0 Å². The second kappa shape index (κ2) is 6.16. The van der Waals surface area contributed by atoms with Crippen molar-refractivity contribution in [2.24, 2.45) is 0 Å². The normalized spacial score (nSPS) is 12.5. The number of ketones is 1. The van der Waals surface area contributed by atoms with Crippen LogP contribution in [0.25, 0.3) is 10.9 Å². The minimum Gasteiger partial charge on any atom is -0.360 e. The fraction of sp³-hybridized carbons (Fsp3) is 0.278. The number of nitrogens with zero attached hydrogens (tertiary/aromatic N) is 2. The molecule has 0 fully saturated rings. The molecule has 0 unspecified atom stereocenters. The van der Waals surface area contributed by atoms with Gasteiger partial charge in [0.1, 0.15) is 0 Å². The number of para-hydroxylation sites is 1. The molecule has 2 aromatic heterocycles. The zero-order valence-corrected chi connectivity index (χ0v) is 14.5. The lowest BCUT2D eigenvalue weighted by molar-refractivity contribution is 0.0995. The van der Waals surface area contributed by atoms with Gasteiger partial charge in [-0.1, -0.05) is 30.0 Å². The van der Waals surface area contributed by atoms with Gasteiger partial charge in [-0.2, -0.15) is 0 Å². The molecule has 0 amide bonds. The summed E-state index contributed by atoms with van der Waals surface area (Å²) in [4.78, 5) is 24.9. The Morgan fingerprint density at radius 3 is 2.48 bits per heavy atom. The molecule has 3 rings (SSSR count). The van der Waals surface area contributed by atoms with Crippen LogP contribution in [-0.2, 0) is 0 Å². The maximum Gasteiger partial charge on any atom is 0.188 e. The first-order valence-electron chi connectivity index (χ1n) is 7.56. The summed E-state index contributed by atoms with van der Waals surface area (Å²) in [7, 11) is 0. The summed E-state index contributed by atoms with van der Waals surface area (Å²) >= 11 is 1.41. The van der Waals surface area contributed by atoms with Crippen molar-refractivity contribution in [1.82, 2.24) is 15.0 Å². The van der Waals surface area contributed by atoms with E-state index in [0.717, 1.165) is 33.4 Å². The molecule has 0 radical (unpaired) electrons. The van der Waals surface area contributed by atoms with Crippen molar-refractivity contribution in [1.29, 1.82) is 0 Å². The minimum atomic E-state index is -0.240. The second-order valence-electron chi connectivity index (χ2n) is 5.67. The summed E-state index contributed by atoms with van der Waals surface area (Å²) in [6, 6.07) is 7.84. The van der Waals surface area contributed by atoms with Crippen molar-refractivity contribution < 1.29 is 4.79 Å². The first-order valence-corrected chi connectivity index (χ1v) is 8.44. The molecule has 1 aromatic carbocycles. The van der Waals surface area contributed by atoms with E-state index >= 15 is 0 Å². The van der Waals surface area contributed by atoms with E-state index in [9.17, 15) is 4.79 Å². The summed E-state index contributed by atoms with van der Waals surface area (Å²) < 4.78 is 0. The number of hydrogen-bond acceptors (Lipinski definition) is 4. The lowest BCUT2D eigenvalue weighted by Crippen LogP contribution is -2.14. The summed E-state index contributed by atoms with van der Waals surface area (Å²) in [6.45, 7) is 7.86. The molecule has 4 nitrogen and oxygen atoms in total. The highest BCUT2D eigenvalue weighted by Gasteiger charge is 2.21. The Hall–Kier alpha value is -2.14. The van der Waals surface area contributed by atoms with Crippen molar-refractivity contribution in [3.8, 4) is 0 Å². The molecule has 0 spiro atoms. The van der Waals surface area contributed by atoms with Gasteiger partial charge < -0.3 is 4.98 Å². The molecule has 0 saturated carbocycles. The summed E-state index contributed by atoms with van der Waals surface area (Å²) in [5, 5.41) is 1.38. The van der Waals surface area contributed by atoms with Crippen LogP contribution >= 0.6 is 11.8 Å². The Labute approximate surface area is 139 Å². The van der Waals surface area contributed by atoms with Crippen LogP contribution in [0, 0.1) is 20.8 Å². The van der Waals surface area contributed by atoms with Crippen molar-refractivity contribution in [2.75, 3.05) is 0 Å². The number of benzene rings is 1. The molecule has 118 valence electrons. The number of H-pyrrole nitrogens is 1. The Kier molecular flexibility index (Phi) is 4.22. The molecule has 23 heavy (non-hydrogen) atoms. The number of rotatable bonds is 4. The lowest BCUT2D eigenvalue weighted by Gasteiger charge is -2.11. The third kappa shape index (κ3) is 3.01. The van der Waals surface area contributed by atoms with Gasteiger partial charge in [0.05, 0.1) is 5.25 Å². The first-order chi connectivity index (χ1) is 11.0. The van der Waals surface area contributed by atoms with Gasteiger partial charge in [-0.05, 0) is 39.3 Å². The highest BCUT2D eigenvalue weighted by Crippen LogP contribution is 2.27. The molecule has 0 aliphatic rings. The van der Waals surface area contributed by atoms with E-state index in [4.69, 9.17) is 0 Å². The van der Waals surface area contributed by atoms with Crippen LogP contribution in [0.15, 0.2) is 35.6 Å². The van der Waals surface area contributed by atoms with Crippen molar-refractivity contribution in [2.45, 2.75) is 38.1 Å². The first kappa shape index (κ1) is 15.7. The van der Waals surface area contributed by atoms with E-state index in [2.05, 4.69) is 15.0 Å². The Bertz CT molecular complexity index is 862. The molecule has 0 bridgehead atoms. The molecule has 0 saturated heterocycles. The van der Waals surface area contributed by atoms with E-state index in [1.54, 1.807) is 6.20 Å². The fourth-order valence-electron chi connectivity index (χ4n) is 2.50. The van der Waals surface area contributed by atoms with Gasteiger partial charge in [-0.3, -0.25) is 4.79 Å². The third-order valence-electron chi connectivity index (χ3n) is 4.12. The molecular weight excluding hydrogens is 306 g/mol. The molecule has 0 aliphatic heterocycles. The molecule has 3 aromatic rings. The zero-order valence-electron chi connectivity index (χ0n) is 13.7. The number of aromatic nitrogens is 3. The Morgan fingerprint density at radius 2 is 1.78 bits per heavy atom. The average molecular weight is 325 g/mol. The maximum atomic E-state index is 12.8. The average Bonchev–Trinajstić information content (AvgIpc) is 2.95. The summed E-state index contributed by atoms with van der Waals surface area (Å²) in [5.74, 6) is 0.0898. The molecule has 0 aliphatic carbocycles. The van der Waals surface area contributed by atoms with Gasteiger partial charge in [0, 0.05) is 34.1 Å². The number of nitrogens with one attached hydrogen (secondary N) is 1. The third-order valence-corrected chi connectivity index (χ3v) is 5.08. The number of Topliss-reactive ketones (excluding diaryl/α,β-unsaturated/α-hetero) is 1. The van der Waals surface area contributed by atoms with E-state index in [-0.39, 0.29) is 11.0 Å². The second-order valence-corrected chi connectivity index (χ2v) is 6.98. The summed E-state index contributed by atoms with van der Waals surface area (Å²) in [6.07, 6.45) is 1.79. The van der Waals surface area contributed by atoms with Crippen LogP contribution in [0.5, 0.6) is 0 Å². The molecule has 1 atom stereocenters. The van der Waals surface area contributed by atoms with E-state index < -0.39 is 0 Å². The van der Waals surface area contributed by atoms with Gasteiger partial charge in [0.15, 0.2) is 10.9 Å². The van der Waals surface area contributed by atoms with E-state index in [1.807, 2.05) is 52.0 Å². The van der Waals surface area contributed by atoms with Gasteiger partial charge in [0.2, 0.25) is 0 Å². The number of fused-ring (bicyclic) bond motifs is 1. The molecule has 2 heterocycles. The van der Waals surface area contributed by atoms with Gasteiger partial charge >= 0.3 is 0 Å². The number of carbonyl (C=O) groups is 1. The lowest BCUT2D eigenvalue weighted by atomic mass is 10.1. The standard InChI is InChI=1S/C18H19N3OS/c1-10-11(2)20-18(21-12(10)3)23-13(4)17(22)15-9-19-16-8-6-5-7-14(15)16/h5-9,13,19H,1-4H3/t13-/m1/s1. The van der Waals surface area contributed by atoms with Crippen molar-refractivity contribution in [3.63, 3.8) is 0 Å². The number of aromatic amines is 1. The maximum absolute atomic E-state index is 12.8. The SMILES string of the molecule is Cc1nc(S[C@H](C)C(=O)c2c[nH]c3ccccc23)nc(C)c1C. The van der Waals surface area contributed by atoms with Crippen LogP contribution in [0.3, 0.4) is 0 Å². The Morgan fingerprint density at radius 1 is 1.13 bits per heavy atom. The monoisotopic (exact) mass is 325 g/mol. The number of hydrogen-bond donors (Lipinski definition) is 1.